The van der Waals surface area contributed by atoms with E-state index in [-0.39, 0.29) is 18.5 Å². The number of carbonyl (C=O) groups is 1. The Morgan fingerprint density at radius 1 is 1.28 bits per heavy atom. The summed E-state index contributed by atoms with van der Waals surface area (Å²) >= 11 is 2.73. The second-order valence-corrected chi connectivity index (χ2v) is 8.59. The fourth-order valence-corrected chi connectivity index (χ4v) is 4.94. The summed E-state index contributed by atoms with van der Waals surface area (Å²) in [6, 6.07) is 6.02. The van der Waals surface area contributed by atoms with Crippen LogP contribution in [0, 0.1) is 0 Å². The number of tetrazole rings is 1. The van der Waals surface area contributed by atoms with Crippen molar-refractivity contribution < 1.29 is 14.3 Å². The van der Waals surface area contributed by atoms with E-state index in [2.05, 4.69) is 25.8 Å². The molecule has 0 bridgehead atoms. The SMILES string of the molecule is O=C(CSc1nnnn1C1CCCC1)Nc1nc(-c2ccc3c(c2)OCO3)cs1. The minimum atomic E-state index is -0.137. The van der Waals surface area contributed by atoms with E-state index < -0.39 is 0 Å². The highest BCUT2D eigenvalue weighted by Crippen LogP contribution is 2.36. The lowest BCUT2D eigenvalue weighted by atomic mass is 10.1. The molecule has 1 aliphatic carbocycles. The van der Waals surface area contributed by atoms with Gasteiger partial charge >= 0.3 is 0 Å². The van der Waals surface area contributed by atoms with E-state index in [0.717, 1.165) is 29.8 Å². The summed E-state index contributed by atoms with van der Waals surface area (Å²) < 4.78 is 12.6. The van der Waals surface area contributed by atoms with Crippen molar-refractivity contribution in [3.8, 4) is 22.8 Å². The number of nitrogens with zero attached hydrogens (tertiary/aromatic N) is 5. The molecule has 1 fully saturated rings. The molecule has 3 aromatic rings. The van der Waals surface area contributed by atoms with Crippen LogP contribution in [0.4, 0.5) is 5.13 Å². The number of carbonyl (C=O) groups excluding carboxylic acids is 1. The third kappa shape index (κ3) is 3.92. The van der Waals surface area contributed by atoms with E-state index >= 15 is 0 Å². The van der Waals surface area contributed by atoms with Gasteiger partial charge in [-0.1, -0.05) is 24.6 Å². The van der Waals surface area contributed by atoms with Gasteiger partial charge in [0.1, 0.15) is 0 Å². The lowest BCUT2D eigenvalue weighted by Gasteiger charge is -2.10. The Bertz CT molecular complexity index is 1030. The van der Waals surface area contributed by atoms with E-state index in [1.807, 2.05) is 28.3 Å². The Labute approximate surface area is 174 Å². The minimum absolute atomic E-state index is 0.137. The molecule has 9 nitrogen and oxygen atoms in total. The number of benzene rings is 1. The van der Waals surface area contributed by atoms with E-state index in [4.69, 9.17) is 9.47 Å². The van der Waals surface area contributed by atoms with Crippen LogP contribution in [0.25, 0.3) is 11.3 Å². The minimum Gasteiger partial charge on any atom is -0.454 e. The monoisotopic (exact) mass is 430 g/mol. The zero-order valence-corrected chi connectivity index (χ0v) is 17.0. The summed E-state index contributed by atoms with van der Waals surface area (Å²) in [5, 5.41) is 17.9. The Hall–Kier alpha value is -2.66. The van der Waals surface area contributed by atoms with E-state index in [1.165, 1.54) is 35.9 Å². The van der Waals surface area contributed by atoms with Crippen molar-refractivity contribution in [1.82, 2.24) is 25.2 Å². The molecule has 3 heterocycles. The van der Waals surface area contributed by atoms with Crippen LogP contribution in [-0.4, -0.2) is 43.6 Å². The van der Waals surface area contributed by atoms with Crippen molar-refractivity contribution in [3.63, 3.8) is 0 Å². The second-order valence-electron chi connectivity index (χ2n) is 6.79. The normalized spacial score (nSPS) is 15.7. The van der Waals surface area contributed by atoms with Gasteiger partial charge in [0.15, 0.2) is 16.6 Å². The molecule has 1 aliphatic heterocycles. The van der Waals surface area contributed by atoms with Crippen LogP contribution in [0.15, 0.2) is 28.7 Å². The van der Waals surface area contributed by atoms with Crippen molar-refractivity contribution in [2.75, 3.05) is 17.9 Å². The molecule has 2 aliphatic rings. The summed E-state index contributed by atoms with van der Waals surface area (Å²) in [6.45, 7) is 0.235. The van der Waals surface area contributed by atoms with Crippen LogP contribution in [0.3, 0.4) is 0 Å². The quantitative estimate of drug-likeness (QED) is 0.594. The molecular weight excluding hydrogens is 412 g/mol. The van der Waals surface area contributed by atoms with Gasteiger partial charge in [0.2, 0.25) is 17.9 Å². The summed E-state index contributed by atoms with van der Waals surface area (Å²) in [6.07, 6.45) is 4.58. The van der Waals surface area contributed by atoms with Gasteiger partial charge in [0.05, 0.1) is 17.5 Å². The van der Waals surface area contributed by atoms with Gasteiger partial charge in [-0.15, -0.1) is 16.4 Å². The second kappa shape index (κ2) is 7.99. The third-order valence-electron chi connectivity index (χ3n) is 4.88. The van der Waals surface area contributed by atoms with Crippen molar-refractivity contribution in [2.24, 2.45) is 0 Å². The maximum absolute atomic E-state index is 12.4. The Balaban J connectivity index is 1.19. The third-order valence-corrected chi connectivity index (χ3v) is 6.58. The Morgan fingerprint density at radius 2 is 2.14 bits per heavy atom. The Kier molecular flexibility index (Phi) is 5.06. The van der Waals surface area contributed by atoms with Crippen LogP contribution < -0.4 is 14.8 Å². The maximum atomic E-state index is 12.4. The molecule has 150 valence electrons. The first kappa shape index (κ1) is 18.4. The topological polar surface area (TPSA) is 104 Å². The van der Waals surface area contributed by atoms with Gasteiger partial charge in [0, 0.05) is 10.9 Å². The van der Waals surface area contributed by atoms with Gasteiger partial charge in [-0.05, 0) is 41.5 Å². The number of fused-ring (bicyclic) bond motifs is 1. The number of thiazole rings is 1. The van der Waals surface area contributed by atoms with Gasteiger partial charge in [0.25, 0.3) is 0 Å². The van der Waals surface area contributed by atoms with Crippen LogP contribution >= 0.6 is 23.1 Å². The molecule has 0 atom stereocenters. The summed E-state index contributed by atoms with van der Waals surface area (Å²) in [4.78, 5) is 16.9. The van der Waals surface area contributed by atoms with Crippen LogP contribution in [0.5, 0.6) is 11.5 Å². The number of amides is 1. The number of nitrogens with one attached hydrogen (secondary N) is 1. The van der Waals surface area contributed by atoms with Gasteiger partial charge in [-0.2, -0.15) is 0 Å². The van der Waals surface area contributed by atoms with E-state index in [0.29, 0.717) is 22.1 Å². The van der Waals surface area contributed by atoms with Crippen molar-refractivity contribution in [3.05, 3.63) is 23.6 Å². The first-order valence-electron chi connectivity index (χ1n) is 9.32. The lowest BCUT2D eigenvalue weighted by Crippen LogP contribution is -2.15. The number of anilines is 1. The molecule has 29 heavy (non-hydrogen) atoms. The number of aromatic nitrogens is 5. The molecule has 11 heteroatoms. The molecule has 1 amide bonds. The molecule has 0 radical (unpaired) electrons. The smallest absolute Gasteiger partial charge is 0.236 e. The molecule has 1 N–H and O–H groups in total. The molecule has 5 rings (SSSR count). The number of thioether (sulfide) groups is 1. The van der Waals surface area contributed by atoms with E-state index in [1.54, 1.807) is 0 Å². The van der Waals surface area contributed by atoms with Gasteiger partial charge in [-0.25, -0.2) is 9.67 Å². The summed E-state index contributed by atoms with van der Waals surface area (Å²) in [5.74, 6) is 1.53. The highest BCUT2D eigenvalue weighted by atomic mass is 32.2. The number of hydrogen-bond acceptors (Lipinski definition) is 9. The standard InChI is InChI=1S/C18H18N6O3S2/c25-16(9-29-18-21-22-23-24(18)12-3-1-2-4-12)20-17-19-13(8-28-17)11-5-6-14-15(7-11)27-10-26-14/h5-8,12H,1-4,9-10H2,(H,19,20,25). The molecule has 0 spiro atoms. The fourth-order valence-electron chi connectivity index (χ4n) is 3.46. The number of ether oxygens (including phenoxy) is 2. The first-order valence-corrected chi connectivity index (χ1v) is 11.2. The molecule has 1 saturated carbocycles. The van der Waals surface area contributed by atoms with Crippen LogP contribution in [-0.2, 0) is 4.79 Å². The predicted octanol–water partition coefficient (Wildman–Crippen LogP) is 3.37. The largest absolute Gasteiger partial charge is 0.454 e. The Morgan fingerprint density at radius 3 is 3.03 bits per heavy atom. The zero-order chi connectivity index (χ0) is 19.6. The summed E-state index contributed by atoms with van der Waals surface area (Å²) in [5.41, 5.74) is 1.69. The number of rotatable bonds is 6. The van der Waals surface area contributed by atoms with Crippen LogP contribution in [0.1, 0.15) is 31.7 Å². The van der Waals surface area contributed by atoms with Gasteiger partial charge < -0.3 is 14.8 Å². The van der Waals surface area contributed by atoms with Crippen molar-refractivity contribution >= 4 is 34.1 Å². The average Bonchev–Trinajstić information content (AvgIpc) is 3.53. The highest BCUT2D eigenvalue weighted by Gasteiger charge is 2.22. The van der Waals surface area contributed by atoms with E-state index in [9.17, 15) is 4.79 Å². The predicted molar refractivity (Wildman–Crippen MR) is 108 cm³/mol. The lowest BCUT2D eigenvalue weighted by molar-refractivity contribution is -0.113. The molecule has 0 unspecified atom stereocenters. The van der Waals surface area contributed by atoms with Gasteiger partial charge in [-0.3, -0.25) is 4.79 Å². The zero-order valence-electron chi connectivity index (χ0n) is 15.4. The van der Waals surface area contributed by atoms with Crippen molar-refractivity contribution in [2.45, 2.75) is 36.9 Å². The molecule has 0 saturated heterocycles. The summed E-state index contributed by atoms with van der Waals surface area (Å²) in [7, 11) is 0. The van der Waals surface area contributed by atoms with Crippen molar-refractivity contribution in [1.29, 1.82) is 0 Å². The first-order chi connectivity index (χ1) is 14.3. The van der Waals surface area contributed by atoms with Crippen LogP contribution in [0.2, 0.25) is 0 Å². The average molecular weight is 431 g/mol. The molecule has 1 aromatic carbocycles. The molecular formula is C18H18N6O3S2. The maximum Gasteiger partial charge on any atom is 0.236 e. The number of hydrogen-bond donors (Lipinski definition) is 1. The highest BCUT2D eigenvalue weighted by molar-refractivity contribution is 7.99. The molecule has 2 aromatic heterocycles. The fraction of sp³-hybridized carbons (Fsp3) is 0.389.